The topological polar surface area (TPSA) is 98.7 Å². The highest BCUT2D eigenvalue weighted by Gasteiger charge is 2.40. The molecule has 1 saturated carbocycles. The molecule has 1 fully saturated rings. The van der Waals surface area contributed by atoms with Crippen LogP contribution in [0.15, 0.2) is 0 Å². The molecule has 0 atom stereocenters. The molecule has 1 rings (SSSR count). The Bertz CT molecular complexity index is 388. The molecule has 0 saturated heterocycles. The van der Waals surface area contributed by atoms with Crippen LogP contribution in [0.5, 0.6) is 0 Å². The van der Waals surface area contributed by atoms with Gasteiger partial charge in [0.05, 0.1) is 0 Å². The summed E-state index contributed by atoms with van der Waals surface area (Å²) in [6.45, 7) is 0.193. The maximum absolute atomic E-state index is 11.9. The molecule has 0 unspecified atom stereocenters. The van der Waals surface area contributed by atoms with Gasteiger partial charge in [0.25, 0.3) is 0 Å². The molecule has 3 N–H and O–H groups in total. The number of rotatable bonds is 5. The quantitative estimate of drug-likeness (QED) is 0.658. The number of nitrogens with zero attached hydrogens (tertiary/aromatic N) is 1. The minimum absolute atomic E-state index is 0.0854. The van der Waals surface area contributed by atoms with Crippen molar-refractivity contribution >= 4 is 17.9 Å². The second-order valence-electron chi connectivity index (χ2n) is 5.72. The molecular weight excluding hydrogens is 274 g/mol. The highest BCUT2D eigenvalue weighted by molar-refractivity contribution is 5.86. The first-order valence-electron chi connectivity index (χ1n) is 7.37. The highest BCUT2D eigenvalue weighted by Crippen LogP contribution is 2.27. The molecule has 7 heteroatoms. The van der Waals surface area contributed by atoms with Gasteiger partial charge in [0.1, 0.15) is 5.54 Å². The lowest BCUT2D eigenvalue weighted by atomic mass is 9.90. The number of carboxylic acid groups (broad SMARTS) is 1. The van der Waals surface area contributed by atoms with Gasteiger partial charge in [-0.15, -0.1) is 0 Å². The van der Waals surface area contributed by atoms with Gasteiger partial charge in [-0.1, -0.05) is 25.7 Å². The Morgan fingerprint density at radius 1 is 1.10 bits per heavy atom. The maximum atomic E-state index is 11.9. The number of hydrogen-bond donors (Lipinski definition) is 3. The third-order valence-electron chi connectivity index (χ3n) is 3.84. The zero-order valence-corrected chi connectivity index (χ0v) is 12.8. The monoisotopic (exact) mass is 299 g/mol. The van der Waals surface area contributed by atoms with Gasteiger partial charge in [0, 0.05) is 27.1 Å². The fourth-order valence-corrected chi connectivity index (χ4v) is 2.49. The molecule has 1 aliphatic carbocycles. The van der Waals surface area contributed by atoms with Gasteiger partial charge < -0.3 is 20.6 Å². The van der Waals surface area contributed by atoms with Crippen LogP contribution in [0.2, 0.25) is 0 Å². The number of carbonyl (C=O) groups excluding carboxylic acids is 2. The van der Waals surface area contributed by atoms with E-state index in [9.17, 15) is 19.5 Å². The predicted octanol–water partition coefficient (Wildman–Crippen LogP) is 0.941. The van der Waals surface area contributed by atoms with Gasteiger partial charge in [-0.25, -0.2) is 9.59 Å². The molecule has 0 bridgehead atoms. The SMILES string of the molecule is CN(C)C(=O)CCNC(=O)NC1(C(=O)O)CCCCCC1. The van der Waals surface area contributed by atoms with Gasteiger partial charge in [0.2, 0.25) is 5.91 Å². The van der Waals surface area contributed by atoms with E-state index < -0.39 is 17.5 Å². The summed E-state index contributed by atoms with van der Waals surface area (Å²) in [6, 6.07) is -0.522. The van der Waals surface area contributed by atoms with E-state index in [1.54, 1.807) is 14.1 Å². The minimum atomic E-state index is -1.17. The van der Waals surface area contributed by atoms with Crippen LogP contribution in [0, 0.1) is 0 Å². The summed E-state index contributed by atoms with van der Waals surface area (Å²) in [4.78, 5) is 36.2. The molecule has 120 valence electrons. The number of nitrogens with one attached hydrogen (secondary N) is 2. The van der Waals surface area contributed by atoms with E-state index in [1.165, 1.54) is 4.90 Å². The number of urea groups is 1. The Hall–Kier alpha value is -1.79. The zero-order valence-electron chi connectivity index (χ0n) is 12.8. The lowest BCUT2D eigenvalue weighted by molar-refractivity contribution is -0.145. The standard InChI is InChI=1S/C14H25N3O4/c1-17(2)11(18)7-10-15-13(21)16-14(12(19)20)8-5-3-4-6-9-14/h3-10H2,1-2H3,(H,19,20)(H2,15,16,21). The van der Waals surface area contributed by atoms with E-state index in [0.717, 1.165) is 25.7 Å². The first-order valence-corrected chi connectivity index (χ1v) is 7.37. The lowest BCUT2D eigenvalue weighted by Crippen LogP contribution is -2.57. The molecule has 0 aromatic carbocycles. The van der Waals surface area contributed by atoms with E-state index in [4.69, 9.17) is 0 Å². The van der Waals surface area contributed by atoms with Crippen LogP contribution >= 0.6 is 0 Å². The van der Waals surface area contributed by atoms with Gasteiger partial charge in [-0.05, 0) is 12.8 Å². The third kappa shape index (κ3) is 5.24. The largest absolute Gasteiger partial charge is 0.480 e. The molecule has 0 heterocycles. The smallest absolute Gasteiger partial charge is 0.329 e. The van der Waals surface area contributed by atoms with E-state index >= 15 is 0 Å². The van der Waals surface area contributed by atoms with Gasteiger partial charge in [0.15, 0.2) is 0 Å². The second-order valence-corrected chi connectivity index (χ2v) is 5.72. The fourth-order valence-electron chi connectivity index (χ4n) is 2.49. The van der Waals surface area contributed by atoms with Crippen molar-refractivity contribution < 1.29 is 19.5 Å². The van der Waals surface area contributed by atoms with E-state index in [2.05, 4.69) is 10.6 Å². The molecule has 21 heavy (non-hydrogen) atoms. The first-order chi connectivity index (χ1) is 9.87. The van der Waals surface area contributed by atoms with Gasteiger partial charge in [-0.3, -0.25) is 4.79 Å². The Labute approximate surface area is 125 Å². The van der Waals surface area contributed by atoms with Crippen LogP contribution in [-0.4, -0.2) is 54.1 Å². The van der Waals surface area contributed by atoms with Crippen LogP contribution in [0.4, 0.5) is 4.79 Å². The molecule has 0 aromatic heterocycles. The summed E-state index contributed by atoms with van der Waals surface area (Å²) >= 11 is 0. The highest BCUT2D eigenvalue weighted by atomic mass is 16.4. The van der Waals surface area contributed by atoms with Crippen molar-refractivity contribution in [2.75, 3.05) is 20.6 Å². The Morgan fingerprint density at radius 2 is 1.67 bits per heavy atom. The number of hydrogen-bond acceptors (Lipinski definition) is 3. The molecule has 0 aromatic rings. The summed E-state index contributed by atoms with van der Waals surface area (Å²) in [5, 5.41) is 14.6. The van der Waals surface area contributed by atoms with Crippen LogP contribution in [0.25, 0.3) is 0 Å². The Kier molecular flexibility index (Phi) is 6.45. The average molecular weight is 299 g/mol. The number of carboxylic acids is 1. The molecule has 0 aliphatic heterocycles. The predicted molar refractivity (Wildman–Crippen MR) is 77.9 cm³/mol. The van der Waals surface area contributed by atoms with E-state index in [-0.39, 0.29) is 18.9 Å². The molecule has 0 spiro atoms. The first kappa shape index (κ1) is 17.3. The van der Waals surface area contributed by atoms with Crippen LogP contribution in [-0.2, 0) is 9.59 Å². The van der Waals surface area contributed by atoms with Crippen molar-refractivity contribution in [2.24, 2.45) is 0 Å². The lowest BCUT2D eigenvalue weighted by Gasteiger charge is -2.29. The number of aliphatic carboxylic acids is 1. The molecule has 3 amide bonds. The van der Waals surface area contributed by atoms with Crippen molar-refractivity contribution in [3.8, 4) is 0 Å². The summed E-state index contributed by atoms with van der Waals surface area (Å²) < 4.78 is 0. The van der Waals surface area contributed by atoms with Gasteiger partial charge >= 0.3 is 12.0 Å². The average Bonchev–Trinajstić information content (AvgIpc) is 2.65. The molecular formula is C14H25N3O4. The van der Waals surface area contributed by atoms with Crippen LogP contribution in [0.1, 0.15) is 44.9 Å². The fraction of sp³-hybridized carbons (Fsp3) is 0.786. The summed E-state index contributed by atoms with van der Waals surface area (Å²) in [6.07, 6.45) is 4.68. The minimum Gasteiger partial charge on any atom is -0.480 e. The van der Waals surface area contributed by atoms with E-state index in [0.29, 0.717) is 12.8 Å². The summed E-state index contributed by atoms with van der Waals surface area (Å²) in [5.74, 6) is -1.07. The molecule has 7 nitrogen and oxygen atoms in total. The summed E-state index contributed by atoms with van der Waals surface area (Å²) in [7, 11) is 3.29. The van der Waals surface area contributed by atoms with Crippen LogP contribution in [0.3, 0.4) is 0 Å². The van der Waals surface area contributed by atoms with Crippen molar-refractivity contribution in [1.82, 2.24) is 15.5 Å². The number of amides is 3. The van der Waals surface area contributed by atoms with E-state index in [1.807, 2.05) is 0 Å². The maximum Gasteiger partial charge on any atom is 0.329 e. The van der Waals surface area contributed by atoms with Crippen molar-refractivity contribution in [2.45, 2.75) is 50.5 Å². The normalized spacial score (nSPS) is 17.4. The van der Waals surface area contributed by atoms with Gasteiger partial charge in [-0.2, -0.15) is 0 Å². The molecule has 1 aliphatic rings. The Morgan fingerprint density at radius 3 is 2.14 bits per heavy atom. The van der Waals surface area contributed by atoms with Crippen molar-refractivity contribution in [3.05, 3.63) is 0 Å². The van der Waals surface area contributed by atoms with Crippen molar-refractivity contribution in [3.63, 3.8) is 0 Å². The second kappa shape index (κ2) is 7.85. The number of carbonyl (C=O) groups is 3. The summed E-state index contributed by atoms with van der Waals surface area (Å²) in [5.41, 5.74) is -1.17. The van der Waals surface area contributed by atoms with Crippen molar-refractivity contribution in [1.29, 1.82) is 0 Å². The Balaban J connectivity index is 2.49. The zero-order chi connectivity index (χ0) is 15.9. The van der Waals surface area contributed by atoms with Crippen LogP contribution < -0.4 is 10.6 Å². The molecule has 0 radical (unpaired) electrons. The third-order valence-corrected chi connectivity index (χ3v) is 3.84.